The average molecular weight is 424 g/mol. The second kappa shape index (κ2) is 8.88. The van der Waals surface area contributed by atoms with E-state index in [1.807, 2.05) is 59.6 Å². The smallest absolute Gasteiger partial charge is 0.266 e. The Bertz CT molecular complexity index is 947. The molecule has 4 rings (SSSR count). The molecule has 2 aromatic rings. The fraction of sp³-hybridized carbons (Fsp3) is 0.273. The van der Waals surface area contributed by atoms with Crippen molar-refractivity contribution in [3.05, 3.63) is 70.9 Å². The number of nitrogens with zero attached hydrogens (tertiary/aromatic N) is 3. The van der Waals surface area contributed by atoms with Crippen molar-refractivity contribution in [1.82, 2.24) is 14.8 Å². The first-order valence-corrected chi connectivity index (χ1v) is 10.9. The van der Waals surface area contributed by atoms with Crippen LogP contribution in [0.5, 0.6) is 0 Å². The van der Waals surface area contributed by atoms with Gasteiger partial charge in [-0.25, -0.2) is 0 Å². The lowest BCUT2D eigenvalue weighted by atomic mass is 9.96. The Labute approximate surface area is 179 Å². The summed E-state index contributed by atoms with van der Waals surface area (Å²) < 4.78 is 0.431. The fourth-order valence-corrected chi connectivity index (χ4v) is 4.97. The van der Waals surface area contributed by atoms with Gasteiger partial charge in [-0.15, -0.1) is 0 Å². The molecule has 0 bridgehead atoms. The number of thioether (sulfide) groups is 1. The third kappa shape index (κ3) is 4.41. The minimum atomic E-state index is -0.202. The molecule has 0 saturated carbocycles. The Balaban J connectivity index is 1.49. The van der Waals surface area contributed by atoms with Gasteiger partial charge in [-0.3, -0.25) is 19.5 Å². The quantitative estimate of drug-likeness (QED) is 0.549. The Kier molecular flexibility index (Phi) is 6.06. The number of amides is 2. The monoisotopic (exact) mass is 423 g/mol. The Morgan fingerprint density at radius 2 is 2.03 bits per heavy atom. The number of pyridine rings is 1. The van der Waals surface area contributed by atoms with E-state index in [-0.39, 0.29) is 24.4 Å². The highest BCUT2D eigenvalue weighted by molar-refractivity contribution is 8.26. The minimum absolute atomic E-state index is 0.00297. The topological polar surface area (TPSA) is 53.5 Å². The van der Waals surface area contributed by atoms with Crippen molar-refractivity contribution in [1.29, 1.82) is 0 Å². The summed E-state index contributed by atoms with van der Waals surface area (Å²) in [5.74, 6) is -0.275. The van der Waals surface area contributed by atoms with Gasteiger partial charge in [0.25, 0.3) is 5.91 Å². The van der Waals surface area contributed by atoms with Gasteiger partial charge in [0.15, 0.2) is 0 Å². The molecule has 1 aromatic heterocycles. The number of piperidine rings is 1. The van der Waals surface area contributed by atoms with Crippen LogP contribution in [0.4, 0.5) is 0 Å². The van der Waals surface area contributed by atoms with Crippen molar-refractivity contribution in [2.75, 3.05) is 13.1 Å². The molecule has 0 spiro atoms. The highest BCUT2D eigenvalue weighted by Crippen LogP contribution is 2.34. The summed E-state index contributed by atoms with van der Waals surface area (Å²) in [5.41, 5.74) is 1.97. The molecule has 1 aromatic carbocycles. The van der Waals surface area contributed by atoms with Gasteiger partial charge in [-0.1, -0.05) is 60.4 Å². The third-order valence-corrected chi connectivity index (χ3v) is 6.53. The van der Waals surface area contributed by atoms with Gasteiger partial charge in [0.1, 0.15) is 10.9 Å². The first-order chi connectivity index (χ1) is 14.1. The summed E-state index contributed by atoms with van der Waals surface area (Å²) in [5, 5.41) is 0. The lowest BCUT2D eigenvalue weighted by Crippen LogP contribution is -2.45. The van der Waals surface area contributed by atoms with E-state index in [1.165, 1.54) is 16.7 Å². The van der Waals surface area contributed by atoms with Crippen LogP contribution in [0.1, 0.15) is 36.4 Å². The normalized spacial score (nSPS) is 21.1. The van der Waals surface area contributed by atoms with Crippen molar-refractivity contribution >= 4 is 46.2 Å². The molecule has 148 valence electrons. The molecule has 1 atom stereocenters. The fourth-order valence-electron chi connectivity index (χ4n) is 3.71. The summed E-state index contributed by atoms with van der Waals surface area (Å²) in [6.07, 6.45) is 8.32. The van der Waals surface area contributed by atoms with E-state index >= 15 is 0 Å². The van der Waals surface area contributed by atoms with Gasteiger partial charge < -0.3 is 4.90 Å². The molecule has 0 N–H and O–H groups in total. The Morgan fingerprint density at radius 1 is 1.21 bits per heavy atom. The molecular weight excluding hydrogens is 402 g/mol. The van der Waals surface area contributed by atoms with Crippen molar-refractivity contribution in [3.63, 3.8) is 0 Å². The number of aromatic nitrogens is 1. The number of thiocarbonyl (C=S) groups is 1. The van der Waals surface area contributed by atoms with E-state index in [0.717, 1.165) is 30.4 Å². The molecule has 29 heavy (non-hydrogen) atoms. The van der Waals surface area contributed by atoms with Crippen molar-refractivity contribution < 1.29 is 9.59 Å². The maximum Gasteiger partial charge on any atom is 0.266 e. The van der Waals surface area contributed by atoms with Gasteiger partial charge in [-0.05, 0) is 42.5 Å². The summed E-state index contributed by atoms with van der Waals surface area (Å²) in [4.78, 5) is 34.0. The minimum Gasteiger partial charge on any atom is -0.334 e. The van der Waals surface area contributed by atoms with Gasteiger partial charge >= 0.3 is 0 Å². The molecule has 2 aliphatic rings. The van der Waals surface area contributed by atoms with Crippen LogP contribution in [-0.2, 0) is 9.59 Å². The van der Waals surface area contributed by atoms with E-state index in [0.29, 0.717) is 15.8 Å². The molecule has 2 fully saturated rings. The maximum absolute atomic E-state index is 13.1. The molecule has 3 heterocycles. The summed E-state index contributed by atoms with van der Waals surface area (Å²) in [6.45, 7) is 0.667. The average Bonchev–Trinajstić information content (AvgIpc) is 3.02. The lowest BCUT2D eigenvalue weighted by Gasteiger charge is -2.36. The Hall–Kier alpha value is -2.51. The first kappa shape index (κ1) is 19.8. The predicted molar refractivity (Wildman–Crippen MR) is 119 cm³/mol. The number of hydrogen-bond donors (Lipinski definition) is 0. The highest BCUT2D eigenvalue weighted by Gasteiger charge is 2.36. The van der Waals surface area contributed by atoms with Gasteiger partial charge in [0, 0.05) is 18.9 Å². The lowest BCUT2D eigenvalue weighted by molar-refractivity contribution is -0.138. The van der Waals surface area contributed by atoms with Crippen LogP contribution >= 0.6 is 24.0 Å². The molecule has 0 unspecified atom stereocenters. The zero-order valence-electron chi connectivity index (χ0n) is 15.9. The van der Waals surface area contributed by atoms with E-state index in [9.17, 15) is 9.59 Å². The first-order valence-electron chi connectivity index (χ1n) is 9.63. The van der Waals surface area contributed by atoms with Crippen LogP contribution in [0, 0.1) is 0 Å². The second-order valence-corrected chi connectivity index (χ2v) is 8.74. The third-order valence-electron chi connectivity index (χ3n) is 5.16. The van der Waals surface area contributed by atoms with Gasteiger partial charge in [0.2, 0.25) is 5.91 Å². The van der Waals surface area contributed by atoms with Crippen molar-refractivity contribution in [2.45, 2.75) is 25.3 Å². The van der Waals surface area contributed by atoms with E-state index < -0.39 is 0 Å². The number of hydrogen-bond acceptors (Lipinski definition) is 5. The zero-order valence-corrected chi connectivity index (χ0v) is 17.5. The number of benzene rings is 1. The molecule has 5 nitrogen and oxygen atoms in total. The molecule has 7 heteroatoms. The summed E-state index contributed by atoms with van der Waals surface area (Å²) in [6, 6.07) is 13.5. The predicted octanol–water partition coefficient (Wildman–Crippen LogP) is 4.04. The molecule has 2 amide bonds. The van der Waals surface area contributed by atoms with Gasteiger partial charge in [-0.2, -0.15) is 0 Å². The molecule has 2 saturated heterocycles. The molecular formula is C22H21N3O2S2. The zero-order chi connectivity index (χ0) is 20.2. The second-order valence-electron chi connectivity index (χ2n) is 7.06. The maximum atomic E-state index is 13.1. The standard InChI is InChI=1S/C22H21N3O2S2/c26-20(24-12-5-4-10-18(24)17-9-6-11-23-14-17)15-25-21(27)19(29-22(25)28)13-16-7-2-1-3-8-16/h1-3,6-9,11,13-14,18H,4-5,10,12,15H2/b19-13+/t18-/m1/s1. The largest absolute Gasteiger partial charge is 0.334 e. The van der Waals surface area contributed by atoms with Crippen molar-refractivity contribution in [2.24, 2.45) is 0 Å². The van der Waals surface area contributed by atoms with Crippen molar-refractivity contribution in [3.8, 4) is 0 Å². The van der Waals surface area contributed by atoms with Crippen LogP contribution in [0.25, 0.3) is 6.08 Å². The van der Waals surface area contributed by atoms with E-state index in [1.54, 1.807) is 6.20 Å². The summed E-state index contributed by atoms with van der Waals surface area (Å²) in [7, 11) is 0. The number of rotatable bonds is 4. The molecule has 0 aliphatic carbocycles. The van der Waals surface area contributed by atoms with Crippen LogP contribution < -0.4 is 0 Å². The van der Waals surface area contributed by atoms with Crippen LogP contribution in [0.2, 0.25) is 0 Å². The molecule has 2 aliphatic heterocycles. The van der Waals surface area contributed by atoms with E-state index in [4.69, 9.17) is 12.2 Å². The summed E-state index contributed by atoms with van der Waals surface area (Å²) >= 11 is 6.65. The highest BCUT2D eigenvalue weighted by atomic mass is 32.2. The number of carbonyl (C=O) groups is 2. The van der Waals surface area contributed by atoms with Crippen LogP contribution in [0.15, 0.2) is 59.8 Å². The van der Waals surface area contributed by atoms with Gasteiger partial charge in [0.05, 0.1) is 10.9 Å². The SMILES string of the molecule is O=C1/C(=C\c2ccccc2)SC(=S)N1CC(=O)N1CCCC[C@@H]1c1cccnc1. The number of carbonyl (C=O) groups excluding carboxylic acids is 2. The Morgan fingerprint density at radius 3 is 2.79 bits per heavy atom. The van der Waals surface area contributed by atoms with Crippen LogP contribution in [-0.4, -0.2) is 44.0 Å². The number of likely N-dealkylation sites (tertiary alicyclic amines) is 1. The van der Waals surface area contributed by atoms with Crippen LogP contribution in [0.3, 0.4) is 0 Å². The molecule has 0 radical (unpaired) electrons. The van der Waals surface area contributed by atoms with E-state index in [2.05, 4.69) is 4.98 Å².